The minimum Gasteiger partial charge on any atom is -0.316 e. The Labute approximate surface area is 101 Å². The van der Waals surface area contributed by atoms with Crippen LogP contribution in [0.5, 0.6) is 0 Å². The predicted molar refractivity (Wildman–Crippen MR) is 64.0 cm³/mol. The molecule has 3 atom stereocenters. The van der Waals surface area contributed by atoms with E-state index in [1.807, 2.05) is 18.2 Å². The van der Waals surface area contributed by atoms with Crippen molar-refractivity contribution in [3.63, 3.8) is 0 Å². The lowest BCUT2D eigenvalue weighted by atomic mass is 9.92. The number of piperidine rings is 1. The highest BCUT2D eigenvalue weighted by molar-refractivity contribution is 9.10. The summed E-state index contributed by atoms with van der Waals surface area (Å²) in [7, 11) is 0. The monoisotopic (exact) mass is 275 g/mol. The molecule has 1 nitrogen and oxygen atoms in total. The number of hydrogen-bond acceptors (Lipinski definition) is 1. The van der Waals surface area contributed by atoms with Crippen LogP contribution >= 0.6 is 27.5 Å². The van der Waals surface area contributed by atoms with Crippen molar-refractivity contribution >= 4 is 27.5 Å². The Morgan fingerprint density at radius 3 is 3.21 bits per heavy atom. The third-order valence-corrected chi connectivity index (χ3v) is 3.23. The zero-order chi connectivity index (χ0) is 11.7. The van der Waals surface area contributed by atoms with Gasteiger partial charge in [-0.2, -0.15) is 0 Å². The molecule has 2 rings (SSSR count). The first-order chi connectivity index (χ1) is 7.58. The fourth-order valence-electron chi connectivity index (χ4n) is 1.66. The molecule has 1 aliphatic rings. The molecule has 1 N–H and O–H groups in total. The number of hydrogen-bond donors (Lipinski definition) is 1. The summed E-state index contributed by atoms with van der Waals surface area (Å²) in [6.45, 7) is -0.757. The Balaban J connectivity index is 2.26. The number of rotatable bonds is 1. The average Bonchev–Trinajstić information content (AvgIpc) is 2.22. The van der Waals surface area contributed by atoms with Crippen LogP contribution in [0, 0.1) is 0 Å². The third kappa shape index (κ3) is 2.30. The molecule has 0 aromatic heterocycles. The van der Waals surface area contributed by atoms with Gasteiger partial charge in [0.15, 0.2) is 0 Å². The van der Waals surface area contributed by atoms with E-state index in [4.69, 9.17) is 14.3 Å². The highest BCUT2D eigenvalue weighted by Gasteiger charge is 2.17. The van der Waals surface area contributed by atoms with Crippen LogP contribution in [0.15, 0.2) is 22.7 Å². The molecule has 0 saturated carbocycles. The molecule has 0 amide bonds. The number of halogens is 2. The van der Waals surface area contributed by atoms with Crippen molar-refractivity contribution in [3.8, 4) is 0 Å². The van der Waals surface area contributed by atoms with E-state index in [9.17, 15) is 0 Å². The third-order valence-electron chi connectivity index (χ3n) is 2.39. The summed E-state index contributed by atoms with van der Waals surface area (Å²) in [6, 6.07) is 5.72. The molecule has 76 valence electrons. The minimum absolute atomic E-state index is 0.0756. The second-order valence-corrected chi connectivity index (χ2v) is 4.71. The van der Waals surface area contributed by atoms with Gasteiger partial charge in [0.05, 0.1) is 0 Å². The van der Waals surface area contributed by atoms with Crippen LogP contribution in [0.2, 0.25) is 5.02 Å². The van der Waals surface area contributed by atoms with E-state index in [1.165, 1.54) is 0 Å². The van der Waals surface area contributed by atoms with E-state index >= 15 is 0 Å². The summed E-state index contributed by atoms with van der Waals surface area (Å²) in [5.74, 6) is 0.0756. The maximum absolute atomic E-state index is 7.96. The molecule has 0 radical (unpaired) electrons. The highest BCUT2D eigenvalue weighted by atomic mass is 79.9. The fourth-order valence-corrected chi connectivity index (χ4v) is 2.29. The summed E-state index contributed by atoms with van der Waals surface area (Å²) < 4.78 is 16.5. The first-order valence-corrected chi connectivity index (χ1v) is 5.80. The van der Waals surface area contributed by atoms with Crippen molar-refractivity contribution in [3.05, 3.63) is 33.3 Å². The van der Waals surface area contributed by atoms with Crippen LogP contribution in [0.1, 0.15) is 27.1 Å². The molecule has 14 heavy (non-hydrogen) atoms. The molecule has 0 bridgehead atoms. The van der Waals surface area contributed by atoms with Gasteiger partial charge in [-0.15, -0.1) is 0 Å². The van der Waals surface area contributed by atoms with Gasteiger partial charge in [-0.1, -0.05) is 27.5 Å². The maximum atomic E-state index is 7.96. The summed E-state index contributed by atoms with van der Waals surface area (Å²) in [4.78, 5) is 0. The van der Waals surface area contributed by atoms with Gasteiger partial charge in [-0.3, -0.25) is 0 Å². The summed E-state index contributed by atoms with van der Waals surface area (Å²) >= 11 is 9.57. The minimum atomic E-state index is -0.442. The Bertz CT molecular complexity index is 388. The van der Waals surface area contributed by atoms with Gasteiger partial charge in [0.1, 0.15) is 0 Å². The molecule has 1 aliphatic heterocycles. The second-order valence-electron chi connectivity index (χ2n) is 3.39. The lowest BCUT2D eigenvalue weighted by molar-refractivity contribution is 0.461. The van der Waals surface area contributed by atoms with Crippen molar-refractivity contribution in [2.24, 2.45) is 0 Å². The summed E-state index contributed by atoms with van der Waals surface area (Å²) in [5, 5.41) is 3.64. The Morgan fingerprint density at radius 2 is 2.43 bits per heavy atom. The predicted octanol–water partition coefficient (Wildman–Crippen LogP) is 3.57. The van der Waals surface area contributed by atoms with Crippen molar-refractivity contribution < 1.29 is 2.74 Å². The molecular formula is C11H13BrClN. The van der Waals surface area contributed by atoms with Crippen LogP contribution in [0.4, 0.5) is 0 Å². The molecule has 3 heteroatoms. The molecular weight excluding hydrogens is 261 g/mol. The van der Waals surface area contributed by atoms with E-state index < -0.39 is 6.52 Å². The second kappa shape index (κ2) is 4.65. The summed E-state index contributed by atoms with van der Waals surface area (Å²) in [5.41, 5.74) is 0.996. The first-order valence-electron chi connectivity index (χ1n) is 5.79. The zero-order valence-corrected chi connectivity index (χ0v) is 9.98. The van der Waals surface area contributed by atoms with E-state index in [2.05, 4.69) is 21.2 Å². The number of benzene rings is 1. The van der Waals surface area contributed by atoms with Crippen molar-refractivity contribution in [2.75, 3.05) is 13.0 Å². The molecule has 1 aromatic carbocycles. The van der Waals surface area contributed by atoms with Gasteiger partial charge < -0.3 is 5.32 Å². The smallest absolute Gasteiger partial charge is 0.0442 e. The highest BCUT2D eigenvalue weighted by Crippen LogP contribution is 2.31. The topological polar surface area (TPSA) is 12.0 Å². The van der Waals surface area contributed by atoms with Gasteiger partial charge in [-0.05, 0) is 49.0 Å². The van der Waals surface area contributed by atoms with Crippen LogP contribution < -0.4 is 5.32 Å². The molecule has 1 aromatic rings. The first kappa shape index (κ1) is 8.14. The quantitative estimate of drug-likeness (QED) is 0.827. The molecule has 0 spiro atoms. The lowest BCUT2D eigenvalue weighted by Gasteiger charge is -2.24. The van der Waals surface area contributed by atoms with Crippen molar-refractivity contribution in [1.29, 1.82) is 0 Å². The lowest BCUT2D eigenvalue weighted by Crippen LogP contribution is -2.28. The van der Waals surface area contributed by atoms with Crippen LogP contribution in [0.25, 0.3) is 0 Å². The van der Waals surface area contributed by atoms with Gasteiger partial charge in [-0.25, -0.2) is 0 Å². The van der Waals surface area contributed by atoms with Crippen molar-refractivity contribution in [2.45, 2.75) is 18.8 Å². The number of nitrogens with one attached hydrogen (secondary N) is 1. The average molecular weight is 277 g/mol. The van der Waals surface area contributed by atoms with E-state index in [-0.39, 0.29) is 12.4 Å². The molecule has 3 unspecified atom stereocenters. The Hall–Kier alpha value is -0.0500. The van der Waals surface area contributed by atoms with Crippen LogP contribution in [-0.4, -0.2) is 13.0 Å². The fraction of sp³-hybridized carbons (Fsp3) is 0.455. The molecule has 1 heterocycles. The molecule has 1 fully saturated rings. The van der Waals surface area contributed by atoms with Gasteiger partial charge in [0, 0.05) is 18.8 Å². The van der Waals surface area contributed by atoms with Crippen LogP contribution in [0.3, 0.4) is 0 Å². The van der Waals surface area contributed by atoms with Crippen LogP contribution in [-0.2, 0) is 0 Å². The van der Waals surface area contributed by atoms with Gasteiger partial charge in [0.2, 0.25) is 0 Å². The van der Waals surface area contributed by atoms with E-state index in [0.717, 1.165) is 22.9 Å². The summed E-state index contributed by atoms with van der Waals surface area (Å²) in [6.07, 6.45) is 1.61. The Morgan fingerprint density at radius 1 is 1.57 bits per heavy atom. The SMILES string of the molecule is [2H]C1CCC(c2cc(Br)ccc2Cl)C([2H])N1. The van der Waals surface area contributed by atoms with Gasteiger partial charge in [0.25, 0.3) is 0 Å². The molecule has 0 aliphatic carbocycles. The largest absolute Gasteiger partial charge is 0.316 e. The van der Waals surface area contributed by atoms with E-state index in [1.54, 1.807) is 0 Å². The van der Waals surface area contributed by atoms with Gasteiger partial charge >= 0.3 is 0 Å². The standard InChI is InChI=1S/C11H13BrClN/c12-9-3-4-11(13)10(6-9)8-2-1-5-14-7-8/h3-4,6,8,14H,1-2,5,7H2/i5D,7D. The zero-order valence-electron chi connectivity index (χ0n) is 9.63. The van der Waals surface area contributed by atoms with E-state index in [0.29, 0.717) is 5.02 Å². The van der Waals surface area contributed by atoms with Crippen molar-refractivity contribution in [1.82, 2.24) is 5.32 Å². The molecule has 1 saturated heterocycles. The maximum Gasteiger partial charge on any atom is 0.0442 e. The Kier molecular flexibility index (Phi) is 2.70. The normalized spacial score (nSPS) is 34.9.